The number of carbonyl (C=O) groups is 2. The maximum atomic E-state index is 12.5. The summed E-state index contributed by atoms with van der Waals surface area (Å²) >= 11 is 0. The third-order valence-corrected chi connectivity index (χ3v) is 3.85. The second-order valence-electron chi connectivity index (χ2n) is 6.05. The molecule has 4 heteroatoms. The smallest absolute Gasteiger partial charge is 0.236 e. The van der Waals surface area contributed by atoms with E-state index in [0.717, 1.165) is 17.5 Å². The van der Waals surface area contributed by atoms with Gasteiger partial charge in [0.15, 0.2) is 0 Å². The molecule has 0 saturated carbocycles. The first-order valence-electron chi connectivity index (χ1n) is 8.24. The molecule has 0 saturated heterocycles. The summed E-state index contributed by atoms with van der Waals surface area (Å²) in [6.45, 7) is 5.94. The first kappa shape index (κ1) is 17.7. The summed E-state index contributed by atoms with van der Waals surface area (Å²) in [6, 6.07) is 15.1. The van der Waals surface area contributed by atoms with Crippen molar-refractivity contribution in [3.8, 4) is 0 Å². The van der Waals surface area contributed by atoms with Gasteiger partial charge in [-0.25, -0.2) is 0 Å². The predicted molar refractivity (Wildman–Crippen MR) is 98.0 cm³/mol. The van der Waals surface area contributed by atoms with Crippen LogP contribution in [0.15, 0.2) is 48.5 Å². The Morgan fingerprint density at radius 1 is 0.792 bits per heavy atom. The molecule has 0 spiro atoms. The van der Waals surface area contributed by atoms with Crippen molar-refractivity contribution in [2.24, 2.45) is 5.92 Å². The predicted octanol–water partition coefficient (Wildman–Crippen LogP) is 4.30. The SMILES string of the molecule is CCCC(C(=O)Nc1ccc(C)cc1)C(=O)Nc1ccc(C)cc1. The second kappa shape index (κ2) is 8.29. The Morgan fingerprint density at radius 3 is 1.50 bits per heavy atom. The highest BCUT2D eigenvalue weighted by molar-refractivity contribution is 6.10. The van der Waals surface area contributed by atoms with Crippen molar-refractivity contribution in [3.05, 3.63) is 59.7 Å². The zero-order valence-corrected chi connectivity index (χ0v) is 14.4. The quantitative estimate of drug-likeness (QED) is 0.778. The molecule has 2 N–H and O–H groups in total. The van der Waals surface area contributed by atoms with Crippen molar-refractivity contribution in [1.82, 2.24) is 0 Å². The van der Waals surface area contributed by atoms with Gasteiger partial charge in [0, 0.05) is 11.4 Å². The standard InChI is InChI=1S/C20H24N2O2/c1-4-5-18(19(23)21-16-10-6-14(2)7-11-16)20(24)22-17-12-8-15(3)9-13-17/h6-13,18H,4-5H2,1-3H3,(H,21,23)(H,22,24). The summed E-state index contributed by atoms with van der Waals surface area (Å²) in [5.41, 5.74) is 3.65. The van der Waals surface area contributed by atoms with Gasteiger partial charge in [-0.2, -0.15) is 0 Å². The van der Waals surface area contributed by atoms with Gasteiger partial charge in [0.25, 0.3) is 0 Å². The van der Waals surface area contributed by atoms with Gasteiger partial charge in [0.1, 0.15) is 5.92 Å². The summed E-state index contributed by atoms with van der Waals surface area (Å²) < 4.78 is 0. The summed E-state index contributed by atoms with van der Waals surface area (Å²) in [4.78, 5) is 25.0. The van der Waals surface area contributed by atoms with E-state index in [1.54, 1.807) is 0 Å². The van der Waals surface area contributed by atoms with Gasteiger partial charge in [-0.15, -0.1) is 0 Å². The lowest BCUT2D eigenvalue weighted by molar-refractivity contribution is -0.129. The molecular formula is C20H24N2O2. The van der Waals surface area contributed by atoms with E-state index < -0.39 is 5.92 Å². The van der Waals surface area contributed by atoms with Crippen LogP contribution in [-0.4, -0.2) is 11.8 Å². The molecule has 0 aliphatic carbocycles. The van der Waals surface area contributed by atoms with Crippen LogP contribution >= 0.6 is 0 Å². The summed E-state index contributed by atoms with van der Waals surface area (Å²) in [7, 11) is 0. The molecule has 0 unspecified atom stereocenters. The molecule has 0 aliphatic heterocycles. The van der Waals surface area contributed by atoms with Crippen LogP contribution in [0.5, 0.6) is 0 Å². The van der Waals surface area contributed by atoms with Crippen LogP contribution in [0.4, 0.5) is 11.4 Å². The number of hydrogen-bond donors (Lipinski definition) is 2. The molecule has 2 amide bonds. The van der Waals surface area contributed by atoms with Crippen LogP contribution in [0.1, 0.15) is 30.9 Å². The van der Waals surface area contributed by atoms with Gasteiger partial charge in [-0.3, -0.25) is 9.59 Å². The average Bonchev–Trinajstić information content (AvgIpc) is 2.56. The molecule has 126 valence electrons. The topological polar surface area (TPSA) is 58.2 Å². The third kappa shape index (κ3) is 4.95. The Hall–Kier alpha value is -2.62. The van der Waals surface area contributed by atoms with Crippen LogP contribution < -0.4 is 10.6 Å². The fourth-order valence-electron chi connectivity index (χ4n) is 2.40. The Bertz CT molecular complexity index is 631. The minimum absolute atomic E-state index is 0.273. The molecule has 4 nitrogen and oxygen atoms in total. The van der Waals surface area contributed by atoms with E-state index in [0.29, 0.717) is 17.8 Å². The third-order valence-electron chi connectivity index (χ3n) is 3.85. The maximum Gasteiger partial charge on any atom is 0.236 e. The number of rotatable bonds is 6. The molecule has 0 heterocycles. The van der Waals surface area contributed by atoms with Gasteiger partial charge in [0.2, 0.25) is 11.8 Å². The van der Waals surface area contributed by atoms with Gasteiger partial charge in [0.05, 0.1) is 0 Å². The van der Waals surface area contributed by atoms with E-state index in [1.165, 1.54) is 0 Å². The van der Waals surface area contributed by atoms with Gasteiger partial charge in [-0.1, -0.05) is 48.7 Å². The van der Waals surface area contributed by atoms with Crippen LogP contribution in [-0.2, 0) is 9.59 Å². The number of anilines is 2. The van der Waals surface area contributed by atoms with Crippen molar-refractivity contribution >= 4 is 23.2 Å². The number of carbonyl (C=O) groups excluding carboxylic acids is 2. The average molecular weight is 324 g/mol. The molecule has 2 aromatic carbocycles. The van der Waals surface area contributed by atoms with Gasteiger partial charge < -0.3 is 10.6 Å². The van der Waals surface area contributed by atoms with Gasteiger partial charge in [-0.05, 0) is 44.5 Å². The van der Waals surface area contributed by atoms with E-state index in [9.17, 15) is 9.59 Å². The summed E-state index contributed by atoms with van der Waals surface area (Å²) in [5.74, 6) is -1.26. The van der Waals surface area contributed by atoms with Crippen LogP contribution in [0.2, 0.25) is 0 Å². The Balaban J connectivity index is 2.06. The Labute approximate surface area is 143 Å². The Kier molecular flexibility index (Phi) is 6.13. The molecular weight excluding hydrogens is 300 g/mol. The second-order valence-corrected chi connectivity index (χ2v) is 6.05. The maximum absolute atomic E-state index is 12.5. The van der Waals surface area contributed by atoms with E-state index in [1.807, 2.05) is 69.3 Å². The lowest BCUT2D eigenvalue weighted by atomic mass is 10.0. The molecule has 0 fully saturated rings. The van der Waals surface area contributed by atoms with Gasteiger partial charge >= 0.3 is 0 Å². The lowest BCUT2D eigenvalue weighted by Gasteiger charge is -2.16. The highest BCUT2D eigenvalue weighted by Crippen LogP contribution is 2.16. The molecule has 0 aromatic heterocycles. The summed E-state index contributed by atoms with van der Waals surface area (Å²) in [6.07, 6.45) is 1.27. The molecule has 2 rings (SSSR count). The molecule has 0 bridgehead atoms. The fraction of sp³-hybridized carbons (Fsp3) is 0.300. The van der Waals surface area contributed by atoms with Crippen molar-refractivity contribution in [2.45, 2.75) is 33.6 Å². The van der Waals surface area contributed by atoms with E-state index >= 15 is 0 Å². The van der Waals surface area contributed by atoms with Crippen molar-refractivity contribution in [2.75, 3.05) is 10.6 Å². The van der Waals surface area contributed by atoms with Crippen LogP contribution in [0.25, 0.3) is 0 Å². The first-order chi connectivity index (χ1) is 11.5. The number of amides is 2. The van der Waals surface area contributed by atoms with E-state index in [4.69, 9.17) is 0 Å². The molecule has 0 aliphatic rings. The molecule has 0 atom stereocenters. The number of hydrogen-bond acceptors (Lipinski definition) is 2. The zero-order chi connectivity index (χ0) is 17.5. The monoisotopic (exact) mass is 324 g/mol. The van der Waals surface area contributed by atoms with E-state index in [2.05, 4.69) is 10.6 Å². The van der Waals surface area contributed by atoms with Crippen molar-refractivity contribution < 1.29 is 9.59 Å². The highest BCUT2D eigenvalue weighted by Gasteiger charge is 2.26. The van der Waals surface area contributed by atoms with E-state index in [-0.39, 0.29) is 11.8 Å². The zero-order valence-electron chi connectivity index (χ0n) is 14.4. The molecule has 24 heavy (non-hydrogen) atoms. The largest absolute Gasteiger partial charge is 0.325 e. The summed E-state index contributed by atoms with van der Waals surface area (Å²) in [5, 5.41) is 5.66. The van der Waals surface area contributed by atoms with Crippen molar-refractivity contribution in [3.63, 3.8) is 0 Å². The molecule has 0 radical (unpaired) electrons. The fourth-order valence-corrected chi connectivity index (χ4v) is 2.40. The van der Waals surface area contributed by atoms with Crippen LogP contribution in [0, 0.1) is 19.8 Å². The van der Waals surface area contributed by atoms with Crippen LogP contribution in [0.3, 0.4) is 0 Å². The number of nitrogens with one attached hydrogen (secondary N) is 2. The normalized spacial score (nSPS) is 10.5. The Morgan fingerprint density at radius 2 is 1.17 bits per heavy atom. The number of aryl methyl sites for hydroxylation is 2. The minimum atomic E-state index is -0.711. The molecule has 2 aromatic rings. The van der Waals surface area contributed by atoms with Crippen molar-refractivity contribution in [1.29, 1.82) is 0 Å². The minimum Gasteiger partial charge on any atom is -0.325 e. The lowest BCUT2D eigenvalue weighted by Crippen LogP contribution is -2.33. The highest BCUT2D eigenvalue weighted by atomic mass is 16.2. The number of benzene rings is 2. The first-order valence-corrected chi connectivity index (χ1v) is 8.24.